The third kappa shape index (κ3) is 11.1. The van der Waals surface area contributed by atoms with Crippen molar-refractivity contribution < 1.29 is 9.47 Å². The number of hydrogen-bond acceptors (Lipinski definition) is 4. The molecule has 3 rings (SSSR count). The van der Waals surface area contributed by atoms with Gasteiger partial charge in [0.1, 0.15) is 0 Å². The Balaban J connectivity index is 0.000000157. The van der Waals surface area contributed by atoms with Crippen molar-refractivity contribution in [2.24, 2.45) is 5.92 Å². The predicted octanol–water partition coefficient (Wildman–Crippen LogP) is 2.48. The maximum atomic E-state index is 5.14. The van der Waals surface area contributed by atoms with E-state index in [0.717, 1.165) is 45.4 Å². The van der Waals surface area contributed by atoms with Gasteiger partial charge in [-0.25, -0.2) is 0 Å². The molecule has 3 aliphatic heterocycles. The first kappa shape index (κ1) is 18.9. The minimum Gasteiger partial charge on any atom is -0.381 e. The quantitative estimate of drug-likeness (QED) is 0.686. The largest absolute Gasteiger partial charge is 0.381 e. The number of piperidine rings is 1. The van der Waals surface area contributed by atoms with E-state index < -0.39 is 0 Å². The van der Waals surface area contributed by atoms with Crippen molar-refractivity contribution in [2.45, 2.75) is 39.0 Å². The van der Waals surface area contributed by atoms with Gasteiger partial charge in [-0.3, -0.25) is 0 Å². The summed E-state index contributed by atoms with van der Waals surface area (Å²) in [5.41, 5.74) is 0. The number of hydrogen-bond donors (Lipinski definition) is 0. The van der Waals surface area contributed by atoms with Crippen molar-refractivity contribution in [2.75, 3.05) is 66.7 Å². The predicted molar refractivity (Wildman–Crippen MR) is 88.9 cm³/mol. The van der Waals surface area contributed by atoms with E-state index in [-0.39, 0.29) is 0 Å². The zero-order valence-corrected chi connectivity index (χ0v) is 14.5. The molecule has 21 heavy (non-hydrogen) atoms. The number of morpholine rings is 1. The molecular weight excluding hydrogens is 264 g/mol. The second-order valence-electron chi connectivity index (χ2n) is 6.57. The van der Waals surface area contributed by atoms with Crippen LogP contribution in [0.1, 0.15) is 39.0 Å². The van der Waals surface area contributed by atoms with Crippen molar-refractivity contribution in [3.8, 4) is 0 Å². The van der Waals surface area contributed by atoms with Crippen molar-refractivity contribution in [3.63, 3.8) is 0 Å². The SMILES string of the molecule is CC1CCOCC1.CN1CCCCC1.CN1CCOCC1. The Bertz CT molecular complexity index is 183. The van der Waals surface area contributed by atoms with Crippen LogP contribution in [0.3, 0.4) is 0 Å². The molecule has 0 unspecified atom stereocenters. The van der Waals surface area contributed by atoms with E-state index in [1.165, 1.54) is 45.2 Å². The molecule has 0 aromatic carbocycles. The van der Waals surface area contributed by atoms with Gasteiger partial charge in [-0.15, -0.1) is 0 Å². The summed E-state index contributed by atoms with van der Waals surface area (Å²) in [4.78, 5) is 4.66. The summed E-state index contributed by atoms with van der Waals surface area (Å²) in [6.07, 6.45) is 6.80. The first-order valence-corrected chi connectivity index (χ1v) is 8.71. The van der Waals surface area contributed by atoms with E-state index in [9.17, 15) is 0 Å². The van der Waals surface area contributed by atoms with Crippen LogP contribution in [0, 0.1) is 5.92 Å². The number of nitrogens with zero attached hydrogens (tertiary/aromatic N) is 2. The van der Waals surface area contributed by atoms with Gasteiger partial charge in [-0.2, -0.15) is 0 Å². The second kappa shape index (κ2) is 12.4. The summed E-state index contributed by atoms with van der Waals surface area (Å²) >= 11 is 0. The van der Waals surface area contributed by atoms with Crippen molar-refractivity contribution in [1.82, 2.24) is 9.80 Å². The lowest BCUT2D eigenvalue weighted by Crippen LogP contribution is -2.32. The van der Waals surface area contributed by atoms with E-state index in [0.29, 0.717) is 0 Å². The summed E-state index contributed by atoms with van der Waals surface area (Å²) in [7, 11) is 4.31. The standard InChI is InChI=1S/C6H13N.C6H12O.C5H11NO/c1-7-5-3-2-4-6-7;2*1-6-2-4-7-5-3-6/h2-6H2,1H3;6H,2-5H2,1H3;2-5H2,1H3. The summed E-state index contributed by atoms with van der Waals surface area (Å²) in [6.45, 7) is 10.9. The number of likely N-dealkylation sites (tertiary alicyclic amines) is 1. The van der Waals surface area contributed by atoms with Gasteiger partial charge in [0.2, 0.25) is 0 Å². The van der Waals surface area contributed by atoms with Crippen LogP contribution in [-0.4, -0.2) is 76.5 Å². The Morgan fingerprint density at radius 2 is 1.14 bits per heavy atom. The molecule has 0 aromatic heterocycles. The molecule has 0 amide bonds. The highest BCUT2D eigenvalue weighted by Gasteiger charge is 2.06. The molecule has 0 bridgehead atoms. The molecular formula is C17H36N2O2. The summed E-state index contributed by atoms with van der Waals surface area (Å²) in [5, 5.41) is 0. The van der Waals surface area contributed by atoms with Gasteiger partial charge in [0, 0.05) is 26.3 Å². The van der Waals surface area contributed by atoms with Gasteiger partial charge in [0.05, 0.1) is 13.2 Å². The molecule has 3 heterocycles. The highest BCUT2D eigenvalue weighted by Crippen LogP contribution is 2.11. The summed E-state index contributed by atoms with van der Waals surface area (Å²) in [5.74, 6) is 0.911. The molecule has 3 aliphatic rings. The Hall–Kier alpha value is -0.160. The number of ether oxygens (including phenoxy) is 2. The number of likely N-dealkylation sites (N-methyl/N-ethyl adjacent to an activating group) is 1. The molecule has 3 fully saturated rings. The first-order chi connectivity index (χ1) is 10.2. The van der Waals surface area contributed by atoms with Gasteiger partial charge < -0.3 is 19.3 Å². The molecule has 0 N–H and O–H groups in total. The Kier molecular flexibility index (Phi) is 11.1. The molecule has 0 aliphatic carbocycles. The third-order valence-corrected chi connectivity index (χ3v) is 4.32. The lowest BCUT2D eigenvalue weighted by Gasteiger charge is -2.21. The van der Waals surface area contributed by atoms with E-state index in [1.54, 1.807) is 0 Å². The lowest BCUT2D eigenvalue weighted by molar-refractivity contribution is 0.0503. The highest BCUT2D eigenvalue weighted by atomic mass is 16.5. The molecule has 4 nitrogen and oxygen atoms in total. The van der Waals surface area contributed by atoms with Crippen molar-refractivity contribution in [1.29, 1.82) is 0 Å². The lowest BCUT2D eigenvalue weighted by atomic mass is 10.0. The average Bonchev–Trinajstić information content (AvgIpc) is 2.51. The maximum absolute atomic E-state index is 5.14. The minimum absolute atomic E-state index is 0.911. The Morgan fingerprint density at radius 3 is 1.43 bits per heavy atom. The summed E-state index contributed by atoms with van der Waals surface area (Å²) < 4.78 is 10.2. The second-order valence-corrected chi connectivity index (χ2v) is 6.57. The first-order valence-electron chi connectivity index (χ1n) is 8.71. The van der Waals surface area contributed by atoms with E-state index in [2.05, 4.69) is 30.8 Å². The fraction of sp³-hybridized carbons (Fsp3) is 1.00. The fourth-order valence-corrected chi connectivity index (χ4v) is 2.52. The number of rotatable bonds is 0. The van der Waals surface area contributed by atoms with Crippen LogP contribution in [0.25, 0.3) is 0 Å². The van der Waals surface area contributed by atoms with Crippen molar-refractivity contribution in [3.05, 3.63) is 0 Å². The average molecular weight is 300 g/mol. The minimum atomic E-state index is 0.911. The van der Waals surface area contributed by atoms with Crippen LogP contribution < -0.4 is 0 Å². The van der Waals surface area contributed by atoms with E-state index in [1.807, 2.05) is 0 Å². The zero-order chi connectivity index (χ0) is 15.3. The van der Waals surface area contributed by atoms with Gasteiger partial charge in [0.15, 0.2) is 0 Å². The molecule has 3 saturated heterocycles. The molecule has 0 radical (unpaired) electrons. The van der Waals surface area contributed by atoms with Crippen LogP contribution in [-0.2, 0) is 9.47 Å². The van der Waals surface area contributed by atoms with E-state index in [4.69, 9.17) is 9.47 Å². The zero-order valence-electron chi connectivity index (χ0n) is 14.5. The Morgan fingerprint density at radius 1 is 0.667 bits per heavy atom. The van der Waals surface area contributed by atoms with Crippen LogP contribution >= 0.6 is 0 Å². The molecule has 0 aromatic rings. The molecule has 4 heteroatoms. The van der Waals surface area contributed by atoms with Gasteiger partial charge in [-0.1, -0.05) is 13.3 Å². The molecule has 0 saturated carbocycles. The van der Waals surface area contributed by atoms with Gasteiger partial charge in [-0.05, 0) is 58.8 Å². The molecule has 0 atom stereocenters. The Labute approximate surface area is 131 Å². The molecule has 0 spiro atoms. The van der Waals surface area contributed by atoms with Crippen LogP contribution in [0.5, 0.6) is 0 Å². The third-order valence-electron chi connectivity index (χ3n) is 4.32. The fourth-order valence-electron chi connectivity index (χ4n) is 2.52. The van der Waals surface area contributed by atoms with E-state index >= 15 is 0 Å². The summed E-state index contributed by atoms with van der Waals surface area (Å²) in [6, 6.07) is 0. The van der Waals surface area contributed by atoms with Crippen LogP contribution in [0.15, 0.2) is 0 Å². The highest BCUT2D eigenvalue weighted by molar-refractivity contribution is 4.58. The van der Waals surface area contributed by atoms with Gasteiger partial charge >= 0.3 is 0 Å². The molecule has 126 valence electrons. The van der Waals surface area contributed by atoms with Crippen LogP contribution in [0.2, 0.25) is 0 Å². The maximum Gasteiger partial charge on any atom is 0.0594 e. The smallest absolute Gasteiger partial charge is 0.0594 e. The monoisotopic (exact) mass is 300 g/mol. The normalized spacial score (nSPS) is 25.3. The van der Waals surface area contributed by atoms with Crippen LogP contribution in [0.4, 0.5) is 0 Å². The van der Waals surface area contributed by atoms with Crippen molar-refractivity contribution >= 4 is 0 Å². The van der Waals surface area contributed by atoms with Gasteiger partial charge in [0.25, 0.3) is 0 Å². The topological polar surface area (TPSA) is 24.9 Å².